The lowest BCUT2D eigenvalue weighted by Crippen LogP contribution is -2.14. The van der Waals surface area contributed by atoms with Crippen LogP contribution in [0.3, 0.4) is 0 Å². The topological polar surface area (TPSA) is 19.0 Å². The van der Waals surface area contributed by atoms with E-state index >= 15 is 0 Å². The van der Waals surface area contributed by atoms with Gasteiger partial charge in [-0.1, -0.05) is 25.5 Å². The number of fused-ring (bicyclic) bond motifs is 1. The van der Waals surface area contributed by atoms with Gasteiger partial charge in [-0.3, -0.25) is 0 Å². The van der Waals surface area contributed by atoms with Gasteiger partial charge in [-0.15, -0.1) is 0 Å². The van der Waals surface area contributed by atoms with E-state index in [-0.39, 0.29) is 0 Å². The first-order chi connectivity index (χ1) is 8.22. The number of aromatic amines is 1. The number of hydrogen-bond donors (Lipinski definition) is 1. The highest BCUT2D eigenvalue weighted by Gasteiger charge is 2.07. The minimum absolute atomic E-state index is 1.10. The van der Waals surface area contributed by atoms with Crippen LogP contribution < -0.4 is 0 Å². The van der Waals surface area contributed by atoms with E-state index < -0.39 is 0 Å². The third kappa shape index (κ3) is 2.70. The van der Waals surface area contributed by atoms with Gasteiger partial charge in [0, 0.05) is 23.6 Å². The van der Waals surface area contributed by atoms with E-state index in [1.54, 1.807) is 0 Å². The number of aromatic nitrogens is 1. The summed E-state index contributed by atoms with van der Waals surface area (Å²) in [6.45, 7) is 3.35. The molecule has 2 heteroatoms. The number of nitrogens with zero attached hydrogens (tertiary/aromatic N) is 1. The number of likely N-dealkylation sites (N-methyl/N-ethyl adjacent to an activating group) is 1. The molecular weight excluding hydrogens is 208 g/mol. The summed E-state index contributed by atoms with van der Waals surface area (Å²) in [5.41, 5.74) is 4.22. The van der Waals surface area contributed by atoms with Crippen LogP contribution in [0.25, 0.3) is 10.9 Å². The molecule has 0 aliphatic heterocycles. The van der Waals surface area contributed by atoms with E-state index in [2.05, 4.69) is 55.3 Å². The summed E-state index contributed by atoms with van der Waals surface area (Å²) in [7, 11) is 4.25. The second-order valence-corrected chi connectivity index (χ2v) is 4.96. The van der Waals surface area contributed by atoms with Crippen LogP contribution in [0.1, 0.15) is 24.5 Å². The molecule has 0 bridgehead atoms. The lowest BCUT2D eigenvalue weighted by atomic mass is 10.0. The maximum absolute atomic E-state index is 3.39. The number of hydrogen-bond acceptors (Lipinski definition) is 1. The van der Waals surface area contributed by atoms with Gasteiger partial charge < -0.3 is 9.88 Å². The highest BCUT2D eigenvalue weighted by atomic mass is 15.0. The molecule has 1 aromatic carbocycles. The average Bonchev–Trinajstić information content (AvgIpc) is 2.71. The van der Waals surface area contributed by atoms with Crippen molar-refractivity contribution in [3.63, 3.8) is 0 Å². The van der Waals surface area contributed by atoms with Crippen LogP contribution in [0.2, 0.25) is 0 Å². The Bertz CT molecular complexity index is 483. The second-order valence-electron chi connectivity index (χ2n) is 4.96. The van der Waals surface area contributed by atoms with E-state index in [0.717, 1.165) is 13.0 Å². The van der Waals surface area contributed by atoms with Crippen molar-refractivity contribution in [2.24, 2.45) is 0 Å². The molecule has 0 unspecified atom stereocenters. The zero-order valence-corrected chi connectivity index (χ0v) is 11.1. The molecule has 2 rings (SSSR count). The molecule has 0 spiro atoms. The molecule has 0 aliphatic carbocycles. The molecule has 0 saturated carbocycles. The first kappa shape index (κ1) is 12.2. The van der Waals surface area contributed by atoms with Crippen LogP contribution >= 0.6 is 0 Å². The van der Waals surface area contributed by atoms with Crippen molar-refractivity contribution in [3.8, 4) is 0 Å². The summed E-state index contributed by atoms with van der Waals surface area (Å²) in [5, 5.41) is 1.45. The van der Waals surface area contributed by atoms with Crippen molar-refractivity contribution in [2.45, 2.75) is 26.2 Å². The third-order valence-corrected chi connectivity index (χ3v) is 3.22. The predicted molar refractivity (Wildman–Crippen MR) is 74.6 cm³/mol. The predicted octanol–water partition coefficient (Wildman–Crippen LogP) is 3.22. The number of aryl methyl sites for hydroxylation is 1. The van der Waals surface area contributed by atoms with Crippen molar-refractivity contribution in [2.75, 3.05) is 20.6 Å². The van der Waals surface area contributed by atoms with Crippen LogP contribution in [0.4, 0.5) is 0 Å². The Morgan fingerprint density at radius 1 is 1.12 bits per heavy atom. The Balaban J connectivity index is 2.35. The molecule has 0 radical (unpaired) electrons. The van der Waals surface area contributed by atoms with Gasteiger partial charge in [-0.25, -0.2) is 0 Å². The standard InChI is InChI=1S/C15H22N2/c1-4-6-12-7-5-8-14-15(12)13(11-16-14)9-10-17(2)3/h5,7-8,11,16H,4,6,9-10H2,1-3H3. The van der Waals surface area contributed by atoms with Crippen molar-refractivity contribution in [3.05, 3.63) is 35.5 Å². The van der Waals surface area contributed by atoms with E-state index in [1.807, 2.05) is 0 Å². The summed E-state index contributed by atoms with van der Waals surface area (Å²) < 4.78 is 0. The van der Waals surface area contributed by atoms with Crippen LogP contribution in [0, 0.1) is 0 Å². The number of nitrogens with one attached hydrogen (secondary N) is 1. The molecule has 1 N–H and O–H groups in total. The Kier molecular flexibility index (Phi) is 3.85. The normalized spacial score (nSPS) is 11.5. The van der Waals surface area contributed by atoms with E-state index in [9.17, 15) is 0 Å². The molecule has 2 aromatic rings. The summed E-state index contributed by atoms with van der Waals surface area (Å²) in [4.78, 5) is 5.63. The van der Waals surface area contributed by atoms with Gasteiger partial charge in [0.15, 0.2) is 0 Å². The molecule has 1 heterocycles. The Labute approximate surface area is 104 Å². The van der Waals surface area contributed by atoms with Crippen LogP contribution in [-0.2, 0) is 12.8 Å². The highest BCUT2D eigenvalue weighted by Crippen LogP contribution is 2.24. The fourth-order valence-corrected chi connectivity index (χ4v) is 2.36. The molecule has 0 amide bonds. The monoisotopic (exact) mass is 230 g/mol. The summed E-state index contributed by atoms with van der Waals surface area (Å²) in [6.07, 6.45) is 5.67. The van der Waals surface area contributed by atoms with Gasteiger partial charge in [-0.05, 0) is 44.1 Å². The zero-order valence-electron chi connectivity index (χ0n) is 11.1. The molecule has 0 fully saturated rings. The Morgan fingerprint density at radius 3 is 2.65 bits per heavy atom. The summed E-state index contributed by atoms with van der Waals surface area (Å²) in [5.74, 6) is 0. The lowest BCUT2D eigenvalue weighted by Gasteiger charge is -2.09. The van der Waals surface area contributed by atoms with Crippen molar-refractivity contribution < 1.29 is 0 Å². The van der Waals surface area contributed by atoms with Crippen LogP contribution in [0.15, 0.2) is 24.4 Å². The van der Waals surface area contributed by atoms with Gasteiger partial charge in [0.2, 0.25) is 0 Å². The average molecular weight is 230 g/mol. The lowest BCUT2D eigenvalue weighted by molar-refractivity contribution is 0.414. The van der Waals surface area contributed by atoms with Gasteiger partial charge in [0.05, 0.1) is 0 Å². The molecule has 1 aromatic heterocycles. The largest absolute Gasteiger partial charge is 0.361 e. The molecule has 92 valence electrons. The smallest absolute Gasteiger partial charge is 0.0459 e. The van der Waals surface area contributed by atoms with Crippen molar-refractivity contribution in [1.29, 1.82) is 0 Å². The van der Waals surface area contributed by atoms with E-state index in [0.29, 0.717) is 0 Å². The van der Waals surface area contributed by atoms with Crippen molar-refractivity contribution >= 4 is 10.9 Å². The van der Waals surface area contributed by atoms with Gasteiger partial charge in [0.1, 0.15) is 0 Å². The SMILES string of the molecule is CCCc1cccc2[nH]cc(CCN(C)C)c12. The molecule has 17 heavy (non-hydrogen) atoms. The summed E-state index contributed by atoms with van der Waals surface area (Å²) in [6, 6.07) is 6.59. The first-order valence-corrected chi connectivity index (χ1v) is 6.45. The highest BCUT2D eigenvalue weighted by molar-refractivity contribution is 5.86. The summed E-state index contributed by atoms with van der Waals surface area (Å²) >= 11 is 0. The van der Waals surface area contributed by atoms with Crippen LogP contribution in [-0.4, -0.2) is 30.5 Å². The number of rotatable bonds is 5. The molecule has 0 atom stereocenters. The maximum atomic E-state index is 3.39. The fraction of sp³-hybridized carbons (Fsp3) is 0.467. The minimum atomic E-state index is 1.10. The molecular formula is C15H22N2. The van der Waals surface area contributed by atoms with Gasteiger partial charge >= 0.3 is 0 Å². The fourth-order valence-electron chi connectivity index (χ4n) is 2.36. The number of H-pyrrole nitrogens is 1. The zero-order chi connectivity index (χ0) is 12.3. The van der Waals surface area contributed by atoms with Gasteiger partial charge in [0.25, 0.3) is 0 Å². The van der Waals surface area contributed by atoms with E-state index in [1.165, 1.54) is 34.9 Å². The third-order valence-electron chi connectivity index (χ3n) is 3.22. The van der Waals surface area contributed by atoms with E-state index in [4.69, 9.17) is 0 Å². The molecule has 0 aliphatic rings. The van der Waals surface area contributed by atoms with Crippen LogP contribution in [0.5, 0.6) is 0 Å². The number of benzene rings is 1. The maximum Gasteiger partial charge on any atom is 0.0459 e. The quantitative estimate of drug-likeness (QED) is 0.835. The van der Waals surface area contributed by atoms with Gasteiger partial charge in [-0.2, -0.15) is 0 Å². The first-order valence-electron chi connectivity index (χ1n) is 6.45. The second kappa shape index (κ2) is 5.37. The van der Waals surface area contributed by atoms with Crippen molar-refractivity contribution in [1.82, 2.24) is 9.88 Å². The minimum Gasteiger partial charge on any atom is -0.361 e. The molecule has 2 nitrogen and oxygen atoms in total. The Morgan fingerprint density at radius 2 is 1.94 bits per heavy atom. The molecule has 0 saturated heterocycles. The Hall–Kier alpha value is -1.28.